The quantitative estimate of drug-likeness (QED) is 0.415. The second-order valence-corrected chi connectivity index (χ2v) is 22.7. The molecule has 2 atom stereocenters. The minimum absolute atomic E-state index is 0.0548. The van der Waals surface area contributed by atoms with Crippen molar-refractivity contribution in [3.8, 4) is 0 Å². The first kappa shape index (κ1) is 29.6. The highest BCUT2D eigenvalue weighted by atomic mass is 28.4. The lowest BCUT2D eigenvalue weighted by Gasteiger charge is -2.46. The van der Waals surface area contributed by atoms with Crippen molar-refractivity contribution in [2.75, 3.05) is 13.2 Å². The second kappa shape index (κ2) is 9.68. The molecule has 2 unspecified atom stereocenters. The molecule has 1 saturated heterocycles. The van der Waals surface area contributed by atoms with E-state index in [-0.39, 0.29) is 28.8 Å². The summed E-state index contributed by atoms with van der Waals surface area (Å²) in [5.41, 5.74) is -1.17. The highest BCUT2D eigenvalue weighted by molar-refractivity contribution is 6.74. The summed E-state index contributed by atoms with van der Waals surface area (Å²) < 4.78 is 12.5. The summed E-state index contributed by atoms with van der Waals surface area (Å²) in [5, 5.41) is 9.96. The number of aliphatic hydroxyl groups is 1. The molecule has 190 valence electrons. The predicted octanol–water partition coefficient (Wildman–Crippen LogP) is 5.90. The van der Waals surface area contributed by atoms with Crippen LogP contribution in [0.25, 0.3) is 0 Å². The SMILES string of the molecule is CC(C)(C)OC(=O)N1C(CO)CCC1(CCC(C)(C)[Si](C)(C)O)CO[Si](C)(C)C(C)(C)C. The average molecular weight is 490 g/mol. The molecule has 0 radical (unpaired) electrons. The van der Waals surface area contributed by atoms with Crippen LogP contribution in [0.2, 0.25) is 36.3 Å². The Morgan fingerprint density at radius 2 is 1.59 bits per heavy atom. The fourth-order valence-corrected chi connectivity index (χ4v) is 5.54. The van der Waals surface area contributed by atoms with Crippen LogP contribution in [0.5, 0.6) is 0 Å². The van der Waals surface area contributed by atoms with Crippen molar-refractivity contribution in [3.05, 3.63) is 0 Å². The van der Waals surface area contributed by atoms with E-state index in [0.29, 0.717) is 13.0 Å². The smallest absolute Gasteiger partial charge is 0.411 e. The number of hydrogen-bond donors (Lipinski definition) is 2. The Morgan fingerprint density at radius 3 is 2.00 bits per heavy atom. The van der Waals surface area contributed by atoms with Crippen molar-refractivity contribution in [1.82, 2.24) is 4.90 Å². The van der Waals surface area contributed by atoms with Crippen LogP contribution < -0.4 is 0 Å². The minimum Gasteiger partial charge on any atom is -0.444 e. The highest BCUT2D eigenvalue weighted by Crippen LogP contribution is 2.47. The third kappa shape index (κ3) is 7.04. The highest BCUT2D eigenvalue weighted by Gasteiger charge is 2.53. The molecule has 0 aromatic heterocycles. The monoisotopic (exact) mass is 489 g/mol. The number of rotatable bonds is 8. The van der Waals surface area contributed by atoms with Crippen LogP contribution in [-0.2, 0) is 9.16 Å². The molecule has 0 aromatic rings. The van der Waals surface area contributed by atoms with Gasteiger partial charge < -0.3 is 19.1 Å². The van der Waals surface area contributed by atoms with E-state index < -0.39 is 27.8 Å². The van der Waals surface area contributed by atoms with Gasteiger partial charge in [-0.3, -0.25) is 4.90 Å². The zero-order valence-electron chi connectivity index (χ0n) is 22.9. The predicted molar refractivity (Wildman–Crippen MR) is 137 cm³/mol. The summed E-state index contributed by atoms with van der Waals surface area (Å²) in [6, 6.07) is -0.282. The lowest BCUT2D eigenvalue weighted by atomic mass is 9.88. The van der Waals surface area contributed by atoms with E-state index in [9.17, 15) is 14.7 Å². The largest absolute Gasteiger partial charge is 0.444 e. The third-order valence-electron chi connectivity index (χ3n) is 8.00. The van der Waals surface area contributed by atoms with E-state index in [1.807, 2.05) is 33.9 Å². The number of likely N-dealkylation sites (tertiary alicyclic amines) is 1. The van der Waals surface area contributed by atoms with E-state index in [2.05, 4.69) is 47.7 Å². The van der Waals surface area contributed by atoms with Gasteiger partial charge in [0.05, 0.1) is 24.8 Å². The van der Waals surface area contributed by atoms with Crippen LogP contribution >= 0.6 is 0 Å². The molecule has 0 aromatic carbocycles. The average Bonchev–Trinajstić information content (AvgIpc) is 2.94. The molecule has 1 aliphatic heterocycles. The maximum Gasteiger partial charge on any atom is 0.411 e. The van der Waals surface area contributed by atoms with Crippen LogP contribution in [0.1, 0.15) is 81.1 Å². The van der Waals surface area contributed by atoms with E-state index in [0.717, 1.165) is 19.3 Å². The summed E-state index contributed by atoms with van der Waals surface area (Å²) in [4.78, 5) is 26.0. The van der Waals surface area contributed by atoms with Crippen LogP contribution in [0.4, 0.5) is 4.79 Å². The fraction of sp³-hybridized carbons (Fsp3) is 0.958. The van der Waals surface area contributed by atoms with Gasteiger partial charge in [0.2, 0.25) is 0 Å². The summed E-state index contributed by atoms with van der Waals surface area (Å²) in [7, 11) is -4.46. The Balaban J connectivity index is 3.37. The number of amides is 1. The van der Waals surface area contributed by atoms with Crippen molar-refractivity contribution < 1.29 is 23.9 Å². The van der Waals surface area contributed by atoms with Gasteiger partial charge in [-0.1, -0.05) is 34.6 Å². The molecule has 0 aliphatic carbocycles. The third-order valence-corrected chi connectivity index (χ3v) is 16.0. The number of ether oxygens (including phenoxy) is 1. The summed E-state index contributed by atoms with van der Waals surface area (Å²) in [6.45, 7) is 25.2. The number of aliphatic hydroxyl groups excluding tert-OH is 1. The molecular weight excluding hydrogens is 438 g/mol. The molecule has 2 N–H and O–H groups in total. The van der Waals surface area contributed by atoms with Gasteiger partial charge in [-0.2, -0.15) is 0 Å². The standard InChI is InChI=1S/C24H51NO5Si2/c1-21(2,3)30-20(27)25-19(17-26)13-14-24(25,16-15-23(7,8)31(9,10)28)18-29-32(11,12)22(4,5)6/h19,26,28H,13-18H2,1-12H3. The van der Waals surface area contributed by atoms with Gasteiger partial charge in [0.15, 0.2) is 16.6 Å². The zero-order valence-corrected chi connectivity index (χ0v) is 24.9. The van der Waals surface area contributed by atoms with Crippen LogP contribution in [-0.4, -0.2) is 67.9 Å². The Hall–Kier alpha value is -0.416. The number of nitrogens with zero attached hydrogens (tertiary/aromatic N) is 1. The van der Waals surface area contributed by atoms with Crippen LogP contribution in [0.15, 0.2) is 0 Å². The summed E-state index contributed by atoms with van der Waals surface area (Å²) >= 11 is 0. The molecule has 0 spiro atoms. The van der Waals surface area contributed by atoms with Crippen molar-refractivity contribution in [2.24, 2.45) is 0 Å². The molecule has 1 rings (SSSR count). The van der Waals surface area contributed by atoms with Crippen LogP contribution in [0, 0.1) is 0 Å². The zero-order chi connectivity index (χ0) is 25.4. The molecule has 8 heteroatoms. The first-order valence-corrected chi connectivity index (χ1v) is 17.9. The Morgan fingerprint density at radius 1 is 1.06 bits per heavy atom. The number of hydrogen-bond acceptors (Lipinski definition) is 5. The first-order chi connectivity index (χ1) is 14.1. The van der Waals surface area contributed by atoms with Gasteiger partial charge in [-0.25, -0.2) is 4.79 Å². The maximum absolute atomic E-state index is 13.4. The van der Waals surface area contributed by atoms with Crippen LogP contribution in [0.3, 0.4) is 0 Å². The normalized spacial score (nSPS) is 23.6. The molecule has 6 nitrogen and oxygen atoms in total. The van der Waals surface area contributed by atoms with Gasteiger partial charge >= 0.3 is 6.09 Å². The molecular formula is C24H51NO5Si2. The van der Waals surface area contributed by atoms with Gasteiger partial charge in [0, 0.05) is 0 Å². The summed E-state index contributed by atoms with van der Waals surface area (Å²) in [6.07, 6.45) is 2.58. The van der Waals surface area contributed by atoms with Crippen molar-refractivity contribution in [1.29, 1.82) is 0 Å². The van der Waals surface area contributed by atoms with E-state index >= 15 is 0 Å². The molecule has 1 aliphatic rings. The lowest BCUT2D eigenvalue weighted by molar-refractivity contribution is -0.0239. The van der Waals surface area contributed by atoms with Crippen molar-refractivity contribution in [3.63, 3.8) is 0 Å². The molecule has 0 saturated carbocycles. The molecule has 0 bridgehead atoms. The topological polar surface area (TPSA) is 79.2 Å². The molecule has 1 heterocycles. The first-order valence-electron chi connectivity index (χ1n) is 12.1. The summed E-state index contributed by atoms with van der Waals surface area (Å²) in [5.74, 6) is 0. The fourth-order valence-electron chi connectivity index (χ4n) is 3.74. The Bertz CT molecular complexity index is 614. The second-order valence-electron chi connectivity index (χ2n) is 13.4. The van der Waals surface area contributed by atoms with Gasteiger partial charge in [0.25, 0.3) is 0 Å². The van der Waals surface area contributed by atoms with Gasteiger partial charge in [-0.05, 0) is 82.7 Å². The van der Waals surface area contributed by atoms with E-state index in [1.165, 1.54) is 0 Å². The maximum atomic E-state index is 13.4. The molecule has 1 fully saturated rings. The van der Waals surface area contributed by atoms with Gasteiger partial charge in [-0.15, -0.1) is 0 Å². The number of carbonyl (C=O) groups is 1. The molecule has 1 amide bonds. The van der Waals surface area contributed by atoms with Gasteiger partial charge in [0.1, 0.15) is 5.60 Å². The molecule has 32 heavy (non-hydrogen) atoms. The van der Waals surface area contributed by atoms with E-state index in [1.54, 1.807) is 4.90 Å². The minimum atomic E-state index is -2.41. The lowest BCUT2D eigenvalue weighted by Crippen LogP contribution is -2.58. The Kier molecular flexibility index (Phi) is 8.96. The van der Waals surface area contributed by atoms with E-state index in [4.69, 9.17) is 9.16 Å². The number of carbonyl (C=O) groups excluding carboxylic acids is 1. The van der Waals surface area contributed by atoms with Crippen molar-refractivity contribution in [2.45, 2.75) is 135 Å². The van der Waals surface area contributed by atoms with Crippen molar-refractivity contribution >= 4 is 22.7 Å². The Labute approximate surface area is 199 Å².